The van der Waals surface area contributed by atoms with Crippen LogP contribution in [0.1, 0.15) is 23.2 Å². The van der Waals surface area contributed by atoms with Gasteiger partial charge < -0.3 is 18.7 Å². The minimum absolute atomic E-state index is 0.0612. The summed E-state index contributed by atoms with van der Waals surface area (Å²) in [6.07, 6.45) is 0.704. The molecular formula is C19H16F2N2O5. The van der Waals surface area contributed by atoms with E-state index in [1.165, 1.54) is 6.07 Å². The maximum absolute atomic E-state index is 12.5. The highest BCUT2D eigenvalue weighted by Crippen LogP contribution is 2.30. The van der Waals surface area contributed by atoms with Gasteiger partial charge in [-0.15, -0.1) is 0 Å². The first-order valence-electron chi connectivity index (χ1n) is 8.32. The molecular weight excluding hydrogens is 374 g/mol. The highest BCUT2D eigenvalue weighted by atomic mass is 19.3. The van der Waals surface area contributed by atoms with E-state index in [4.69, 9.17) is 14.0 Å². The van der Waals surface area contributed by atoms with E-state index in [1.807, 2.05) is 0 Å². The summed E-state index contributed by atoms with van der Waals surface area (Å²) >= 11 is 0. The maximum atomic E-state index is 12.5. The Balaban J connectivity index is 1.75. The van der Waals surface area contributed by atoms with Crippen molar-refractivity contribution >= 4 is 6.29 Å². The Bertz CT molecular complexity index is 946. The Morgan fingerprint density at radius 1 is 1.11 bits per heavy atom. The van der Waals surface area contributed by atoms with Crippen LogP contribution in [-0.2, 0) is 6.61 Å². The fourth-order valence-corrected chi connectivity index (χ4v) is 2.40. The normalized spacial score (nSPS) is 10.7. The molecule has 0 radical (unpaired) electrons. The molecule has 0 saturated heterocycles. The lowest BCUT2D eigenvalue weighted by molar-refractivity contribution is -0.0494. The molecule has 0 atom stereocenters. The molecule has 146 valence electrons. The smallest absolute Gasteiger partial charge is 0.387 e. The van der Waals surface area contributed by atoms with Gasteiger partial charge in [-0.25, -0.2) is 0 Å². The molecule has 7 nitrogen and oxygen atoms in total. The van der Waals surface area contributed by atoms with Crippen molar-refractivity contribution in [2.75, 3.05) is 6.61 Å². The van der Waals surface area contributed by atoms with Crippen LogP contribution in [0.5, 0.6) is 17.2 Å². The second-order valence-electron chi connectivity index (χ2n) is 5.43. The van der Waals surface area contributed by atoms with Gasteiger partial charge in [-0.2, -0.15) is 13.8 Å². The zero-order chi connectivity index (χ0) is 19.9. The van der Waals surface area contributed by atoms with E-state index < -0.39 is 6.61 Å². The Hall–Kier alpha value is -3.49. The molecule has 0 aliphatic carbocycles. The molecule has 0 bridgehead atoms. The molecule has 0 fully saturated rings. The van der Waals surface area contributed by atoms with Crippen LogP contribution in [0, 0.1) is 0 Å². The summed E-state index contributed by atoms with van der Waals surface area (Å²) in [4.78, 5) is 15.0. The van der Waals surface area contributed by atoms with Crippen molar-refractivity contribution in [2.45, 2.75) is 20.1 Å². The standard InChI is InChI=1S/C19H16F2N2O5/c1-2-25-16-9-12(10-24)7-8-15(16)26-11-17-22-18(23-28-17)13-5-3-4-6-14(13)27-19(20)21/h3-10,19H,2,11H2,1H3. The third-order valence-electron chi connectivity index (χ3n) is 3.57. The quantitative estimate of drug-likeness (QED) is 0.508. The van der Waals surface area contributed by atoms with E-state index in [-0.39, 0.29) is 29.6 Å². The van der Waals surface area contributed by atoms with Crippen LogP contribution in [0.15, 0.2) is 47.0 Å². The van der Waals surface area contributed by atoms with Crippen LogP contribution < -0.4 is 14.2 Å². The molecule has 1 aromatic heterocycles. The summed E-state index contributed by atoms with van der Waals surface area (Å²) < 4.78 is 45.8. The largest absolute Gasteiger partial charge is 0.490 e. The van der Waals surface area contributed by atoms with Gasteiger partial charge in [-0.05, 0) is 37.3 Å². The van der Waals surface area contributed by atoms with Crippen LogP contribution in [0.3, 0.4) is 0 Å². The van der Waals surface area contributed by atoms with Crippen molar-refractivity contribution in [2.24, 2.45) is 0 Å². The van der Waals surface area contributed by atoms with Crippen LogP contribution in [0.2, 0.25) is 0 Å². The Morgan fingerprint density at radius 2 is 1.93 bits per heavy atom. The molecule has 2 aromatic carbocycles. The molecule has 0 aliphatic heterocycles. The zero-order valence-electron chi connectivity index (χ0n) is 14.8. The first kappa shape index (κ1) is 19.3. The summed E-state index contributed by atoms with van der Waals surface area (Å²) in [7, 11) is 0. The number of para-hydroxylation sites is 1. The van der Waals surface area contributed by atoms with Crippen LogP contribution >= 0.6 is 0 Å². The van der Waals surface area contributed by atoms with E-state index in [9.17, 15) is 13.6 Å². The molecule has 0 spiro atoms. The molecule has 0 saturated carbocycles. The molecule has 3 rings (SSSR count). The van der Waals surface area contributed by atoms with Crippen LogP contribution in [0.25, 0.3) is 11.4 Å². The SMILES string of the molecule is CCOc1cc(C=O)ccc1OCc1nc(-c2ccccc2OC(F)F)no1. The van der Waals surface area contributed by atoms with E-state index in [2.05, 4.69) is 14.9 Å². The van der Waals surface area contributed by atoms with Crippen LogP contribution in [-0.4, -0.2) is 29.6 Å². The fraction of sp³-hybridized carbons (Fsp3) is 0.211. The number of hydrogen-bond donors (Lipinski definition) is 0. The number of rotatable bonds is 9. The summed E-state index contributed by atoms with van der Waals surface area (Å²) in [5, 5.41) is 3.78. The van der Waals surface area contributed by atoms with E-state index in [0.29, 0.717) is 30.0 Å². The van der Waals surface area contributed by atoms with Gasteiger partial charge in [0.1, 0.15) is 12.0 Å². The third kappa shape index (κ3) is 4.61. The summed E-state index contributed by atoms with van der Waals surface area (Å²) in [6, 6.07) is 10.9. The number of halogens is 2. The van der Waals surface area contributed by atoms with Crippen molar-refractivity contribution in [3.63, 3.8) is 0 Å². The lowest BCUT2D eigenvalue weighted by Gasteiger charge is -2.10. The predicted octanol–water partition coefficient (Wildman–Crippen LogP) is 4.13. The van der Waals surface area contributed by atoms with Crippen molar-refractivity contribution in [1.82, 2.24) is 10.1 Å². The summed E-state index contributed by atoms with van der Waals surface area (Å²) in [6.45, 7) is -0.849. The average Bonchev–Trinajstić information content (AvgIpc) is 3.16. The minimum atomic E-state index is -2.97. The number of benzene rings is 2. The second kappa shape index (κ2) is 8.94. The number of ether oxygens (including phenoxy) is 3. The number of hydrogen-bond acceptors (Lipinski definition) is 7. The first-order chi connectivity index (χ1) is 13.6. The minimum Gasteiger partial charge on any atom is -0.490 e. The predicted molar refractivity (Wildman–Crippen MR) is 93.7 cm³/mol. The van der Waals surface area contributed by atoms with Gasteiger partial charge in [-0.1, -0.05) is 17.3 Å². The Kier molecular flexibility index (Phi) is 6.15. The molecule has 28 heavy (non-hydrogen) atoms. The molecule has 3 aromatic rings. The van der Waals surface area contributed by atoms with Gasteiger partial charge in [0, 0.05) is 5.56 Å². The Morgan fingerprint density at radius 3 is 2.68 bits per heavy atom. The number of nitrogens with zero attached hydrogens (tertiary/aromatic N) is 2. The van der Waals surface area contributed by atoms with Crippen molar-refractivity contribution < 1.29 is 32.3 Å². The maximum Gasteiger partial charge on any atom is 0.387 e. The number of carbonyl (C=O) groups is 1. The van der Waals surface area contributed by atoms with Crippen molar-refractivity contribution in [3.05, 3.63) is 53.9 Å². The molecule has 0 amide bonds. The monoisotopic (exact) mass is 390 g/mol. The molecule has 1 heterocycles. The molecule has 0 aliphatic rings. The first-order valence-corrected chi connectivity index (χ1v) is 8.32. The molecule has 9 heteroatoms. The van der Waals surface area contributed by atoms with Gasteiger partial charge >= 0.3 is 6.61 Å². The Labute approximate surface area is 158 Å². The van der Waals surface area contributed by atoms with E-state index >= 15 is 0 Å². The fourth-order valence-electron chi connectivity index (χ4n) is 2.40. The lowest BCUT2D eigenvalue weighted by Crippen LogP contribution is -2.03. The van der Waals surface area contributed by atoms with E-state index in [0.717, 1.165) is 0 Å². The highest BCUT2D eigenvalue weighted by Gasteiger charge is 2.16. The average molecular weight is 390 g/mol. The summed E-state index contributed by atoms with van der Waals surface area (Å²) in [5.41, 5.74) is 0.717. The van der Waals surface area contributed by atoms with Gasteiger partial charge in [0.15, 0.2) is 18.1 Å². The molecule has 0 N–H and O–H groups in total. The number of carbonyl (C=O) groups excluding carboxylic acids is 1. The number of alkyl halides is 2. The topological polar surface area (TPSA) is 83.7 Å². The molecule has 0 unspecified atom stereocenters. The van der Waals surface area contributed by atoms with Gasteiger partial charge in [0.05, 0.1) is 12.2 Å². The second-order valence-corrected chi connectivity index (χ2v) is 5.43. The summed E-state index contributed by atoms with van der Waals surface area (Å²) in [5.74, 6) is 0.963. The zero-order valence-corrected chi connectivity index (χ0v) is 14.8. The number of aldehydes is 1. The van der Waals surface area contributed by atoms with Crippen molar-refractivity contribution in [1.29, 1.82) is 0 Å². The lowest BCUT2D eigenvalue weighted by atomic mass is 10.2. The van der Waals surface area contributed by atoms with Gasteiger partial charge in [-0.3, -0.25) is 4.79 Å². The van der Waals surface area contributed by atoms with E-state index in [1.54, 1.807) is 43.3 Å². The van der Waals surface area contributed by atoms with Crippen LogP contribution in [0.4, 0.5) is 8.78 Å². The van der Waals surface area contributed by atoms with Gasteiger partial charge in [0.25, 0.3) is 5.89 Å². The number of aromatic nitrogens is 2. The third-order valence-corrected chi connectivity index (χ3v) is 3.57. The van der Waals surface area contributed by atoms with Crippen molar-refractivity contribution in [3.8, 4) is 28.6 Å². The van der Waals surface area contributed by atoms with Gasteiger partial charge in [0.2, 0.25) is 5.82 Å². The highest BCUT2D eigenvalue weighted by molar-refractivity contribution is 5.76.